The largest absolute Gasteiger partial charge is 0.573 e. The Labute approximate surface area is 198 Å². The number of nitrogens with two attached hydrogens (primary N) is 1. The van der Waals surface area contributed by atoms with Crippen LogP contribution in [0, 0.1) is 18.6 Å². The molecule has 2 amide bonds. The zero-order valence-electron chi connectivity index (χ0n) is 20.5. The quantitative estimate of drug-likeness (QED) is 0.454. The lowest BCUT2D eigenvalue weighted by molar-refractivity contribution is -0.275. The van der Waals surface area contributed by atoms with Crippen LogP contribution in [0.1, 0.15) is 30.5 Å². The zero-order valence-corrected chi connectivity index (χ0v) is 17.5. The number of benzene rings is 2. The molecule has 0 saturated heterocycles. The first kappa shape index (κ1) is 21.1. The number of ether oxygens (including phenoxy) is 3. The van der Waals surface area contributed by atoms with Gasteiger partial charge in [-0.2, -0.15) is 4.39 Å². The normalized spacial score (nSPS) is 12.7. The van der Waals surface area contributed by atoms with E-state index in [2.05, 4.69) is 19.8 Å². The molecule has 35 heavy (non-hydrogen) atoms. The van der Waals surface area contributed by atoms with E-state index in [1.54, 1.807) is 0 Å². The first-order valence-electron chi connectivity index (χ1n) is 10.9. The molecule has 3 rings (SSSR count). The van der Waals surface area contributed by atoms with Crippen molar-refractivity contribution in [1.82, 2.24) is 4.98 Å². The lowest BCUT2D eigenvalue weighted by Crippen LogP contribution is -2.18. The van der Waals surface area contributed by atoms with Crippen LogP contribution in [0.3, 0.4) is 0 Å². The molecule has 1 aromatic heterocycles. The Morgan fingerprint density at radius 2 is 1.80 bits per heavy atom. The molecule has 0 unspecified atom stereocenters. The van der Waals surface area contributed by atoms with Crippen LogP contribution < -0.4 is 25.3 Å². The van der Waals surface area contributed by atoms with Gasteiger partial charge in [-0.3, -0.25) is 14.6 Å². The molecule has 1 heterocycles. The smallest absolute Gasteiger partial charge is 0.490 e. The Bertz CT molecular complexity index is 1400. The summed E-state index contributed by atoms with van der Waals surface area (Å²) in [6.07, 6.45) is -4.18. The second-order valence-corrected chi connectivity index (χ2v) is 6.82. The van der Waals surface area contributed by atoms with Crippen LogP contribution in [0.2, 0.25) is 0 Å². The minimum absolute atomic E-state index is 0.0177. The number of aromatic nitrogens is 1. The molecule has 0 aliphatic heterocycles. The van der Waals surface area contributed by atoms with Gasteiger partial charge in [-0.15, -0.1) is 13.2 Å². The monoisotopic (exact) mass is 500 g/mol. The number of methoxy groups -OCH3 is 1. The van der Waals surface area contributed by atoms with Gasteiger partial charge in [-0.05, 0) is 48.9 Å². The van der Waals surface area contributed by atoms with Crippen LogP contribution in [0.25, 0.3) is 0 Å². The van der Waals surface area contributed by atoms with E-state index >= 15 is 0 Å². The van der Waals surface area contributed by atoms with E-state index in [0.717, 1.165) is 24.4 Å². The van der Waals surface area contributed by atoms with E-state index in [0.29, 0.717) is 12.1 Å². The Hall–Kier alpha value is -4.42. The molecule has 13 heteroatoms. The van der Waals surface area contributed by atoms with Crippen LogP contribution in [-0.2, 0) is 0 Å². The number of hydrogen-bond donors (Lipinski definition) is 2. The second kappa shape index (κ2) is 9.83. The number of primary amides is 1. The molecule has 0 fully saturated rings. The average molecular weight is 500 g/mol. The molecule has 0 atom stereocenters. The van der Waals surface area contributed by atoms with Gasteiger partial charge in [0.1, 0.15) is 22.8 Å². The SMILES string of the molecule is [2H]C([2H])([2H])Oc1c(Oc2cc(C)cc(F)c2C(=O)Nc2ccnc(C(N)=O)c2)ccc(OC(F)(F)F)c1F. The number of aryl methyl sites for hydroxylation is 1. The van der Waals surface area contributed by atoms with E-state index in [1.807, 2.05) is 0 Å². The molecule has 2 aromatic carbocycles. The number of halogens is 5. The number of hydrogen-bond acceptors (Lipinski definition) is 6. The van der Waals surface area contributed by atoms with Crippen LogP contribution in [0.15, 0.2) is 42.6 Å². The summed E-state index contributed by atoms with van der Waals surface area (Å²) in [5.74, 6) is -9.19. The number of alkyl halides is 3. The summed E-state index contributed by atoms with van der Waals surface area (Å²) in [7, 11) is -3.35. The molecule has 3 N–H and O–H groups in total. The zero-order chi connectivity index (χ0) is 28.4. The maximum Gasteiger partial charge on any atom is 0.573 e. The molecule has 0 radical (unpaired) electrons. The number of nitrogens with zero attached hydrogens (tertiary/aromatic N) is 1. The lowest BCUT2D eigenvalue weighted by Gasteiger charge is -2.17. The topological polar surface area (TPSA) is 113 Å². The number of carbonyl (C=O) groups is 2. The molecular weight excluding hydrogens is 481 g/mol. The van der Waals surface area contributed by atoms with Gasteiger partial charge in [-0.25, -0.2) is 4.39 Å². The Balaban J connectivity index is 2.06. The van der Waals surface area contributed by atoms with Crippen molar-refractivity contribution in [2.24, 2.45) is 5.73 Å². The molecule has 3 aromatic rings. The highest BCUT2D eigenvalue weighted by atomic mass is 19.4. The summed E-state index contributed by atoms with van der Waals surface area (Å²) < 4.78 is 103. The molecule has 0 bridgehead atoms. The Kier molecular flexibility index (Phi) is 5.94. The Morgan fingerprint density at radius 3 is 2.46 bits per heavy atom. The maximum absolute atomic E-state index is 14.9. The number of carbonyl (C=O) groups excluding carboxylic acids is 2. The average Bonchev–Trinajstić information content (AvgIpc) is 2.76. The van der Waals surface area contributed by atoms with Crippen molar-refractivity contribution >= 4 is 17.5 Å². The van der Waals surface area contributed by atoms with Gasteiger partial charge in [0.15, 0.2) is 11.5 Å². The van der Waals surface area contributed by atoms with E-state index in [-0.39, 0.29) is 16.9 Å². The van der Waals surface area contributed by atoms with Crippen LogP contribution in [0.4, 0.5) is 27.6 Å². The predicted molar refractivity (Wildman–Crippen MR) is 112 cm³/mol. The van der Waals surface area contributed by atoms with Gasteiger partial charge in [-0.1, -0.05) is 0 Å². The van der Waals surface area contributed by atoms with Gasteiger partial charge >= 0.3 is 6.36 Å². The fraction of sp³-hybridized carbons (Fsp3) is 0.136. The second-order valence-electron chi connectivity index (χ2n) is 6.82. The summed E-state index contributed by atoms with van der Waals surface area (Å²) in [5.41, 5.74) is 4.35. The van der Waals surface area contributed by atoms with E-state index in [1.165, 1.54) is 13.0 Å². The highest BCUT2D eigenvalue weighted by Gasteiger charge is 2.34. The van der Waals surface area contributed by atoms with Crippen molar-refractivity contribution in [1.29, 1.82) is 0 Å². The summed E-state index contributed by atoms with van der Waals surface area (Å²) in [6.45, 7) is 1.40. The molecular formula is C22H16F5N3O5. The summed E-state index contributed by atoms with van der Waals surface area (Å²) in [6, 6.07) is 5.58. The van der Waals surface area contributed by atoms with Gasteiger partial charge in [0.25, 0.3) is 11.8 Å². The van der Waals surface area contributed by atoms with Crippen LogP contribution in [-0.4, -0.2) is 30.2 Å². The standard InChI is InChI=1S/C22H16F5N3O5/c1-10-7-12(23)17(21(32)30-11-5-6-29-13(9-11)20(28)31)16(8-10)34-15-4-3-14(35-22(25,26)27)18(24)19(15)33-2/h3-9H,1-2H3,(H2,28,31)(H,29,30,32)/i2D3. The highest BCUT2D eigenvalue weighted by Crippen LogP contribution is 2.41. The third kappa shape index (κ3) is 5.93. The summed E-state index contributed by atoms with van der Waals surface area (Å²) >= 11 is 0. The summed E-state index contributed by atoms with van der Waals surface area (Å²) in [4.78, 5) is 27.9. The van der Waals surface area contributed by atoms with Crippen molar-refractivity contribution in [2.45, 2.75) is 13.3 Å². The predicted octanol–water partition coefficient (Wildman–Crippen LogP) is 4.72. The van der Waals surface area contributed by atoms with Crippen LogP contribution in [0.5, 0.6) is 23.0 Å². The van der Waals surface area contributed by atoms with Gasteiger partial charge in [0, 0.05) is 11.9 Å². The minimum atomic E-state index is -5.33. The molecule has 0 aliphatic carbocycles. The van der Waals surface area contributed by atoms with Gasteiger partial charge in [0.2, 0.25) is 11.6 Å². The van der Waals surface area contributed by atoms with Crippen molar-refractivity contribution in [3.63, 3.8) is 0 Å². The number of nitrogens with one attached hydrogen (secondary N) is 1. The van der Waals surface area contributed by atoms with Crippen molar-refractivity contribution in [3.8, 4) is 23.0 Å². The van der Waals surface area contributed by atoms with Gasteiger partial charge < -0.3 is 25.3 Å². The third-order valence-corrected chi connectivity index (χ3v) is 4.27. The van der Waals surface area contributed by atoms with Gasteiger partial charge in [0.05, 0.1) is 11.2 Å². The van der Waals surface area contributed by atoms with Crippen molar-refractivity contribution in [3.05, 3.63) is 71.1 Å². The molecule has 0 spiro atoms. The fourth-order valence-corrected chi connectivity index (χ4v) is 2.87. The molecule has 0 saturated carbocycles. The maximum atomic E-state index is 14.9. The number of amides is 2. The van der Waals surface area contributed by atoms with E-state index in [9.17, 15) is 31.5 Å². The summed E-state index contributed by atoms with van der Waals surface area (Å²) in [5, 5.41) is 2.29. The fourth-order valence-electron chi connectivity index (χ4n) is 2.87. The van der Waals surface area contributed by atoms with E-state index in [4.69, 9.17) is 14.6 Å². The van der Waals surface area contributed by atoms with Crippen LogP contribution >= 0.6 is 0 Å². The minimum Gasteiger partial charge on any atom is -0.490 e. The number of rotatable bonds is 7. The Morgan fingerprint density at radius 1 is 1.09 bits per heavy atom. The first-order valence-corrected chi connectivity index (χ1v) is 9.36. The van der Waals surface area contributed by atoms with Crippen molar-refractivity contribution < 1.29 is 49.9 Å². The third-order valence-electron chi connectivity index (χ3n) is 4.27. The van der Waals surface area contributed by atoms with Crippen molar-refractivity contribution in [2.75, 3.05) is 12.4 Å². The highest BCUT2D eigenvalue weighted by molar-refractivity contribution is 6.07. The first-order chi connectivity index (χ1) is 17.5. The molecule has 8 nitrogen and oxygen atoms in total. The lowest BCUT2D eigenvalue weighted by atomic mass is 10.1. The molecule has 0 aliphatic rings. The van der Waals surface area contributed by atoms with E-state index < -0.39 is 65.4 Å². The number of anilines is 1. The number of pyridine rings is 1. The molecule has 184 valence electrons.